The average molecular weight is 374 g/mol. The van der Waals surface area contributed by atoms with Crippen molar-refractivity contribution in [1.29, 1.82) is 0 Å². The highest BCUT2D eigenvalue weighted by molar-refractivity contribution is 5.97. The Balaban J connectivity index is 1.61. The number of urea groups is 1. The lowest BCUT2D eigenvalue weighted by atomic mass is 10.3. The van der Waals surface area contributed by atoms with Gasteiger partial charge in [-0.3, -0.25) is 15.0 Å². The third-order valence-corrected chi connectivity index (χ3v) is 4.65. The Bertz CT molecular complexity index is 797. The summed E-state index contributed by atoms with van der Waals surface area (Å²) in [7, 11) is 0. The van der Waals surface area contributed by atoms with E-state index in [1.807, 2.05) is 16.5 Å². The number of fused-ring (bicyclic) bond motifs is 1. The van der Waals surface area contributed by atoms with Gasteiger partial charge in [-0.05, 0) is 6.42 Å². The lowest BCUT2D eigenvalue weighted by Crippen LogP contribution is -2.48. The molecule has 0 unspecified atom stereocenters. The molecule has 0 atom stereocenters. The zero-order valence-electron chi connectivity index (χ0n) is 15.8. The number of anilines is 1. The van der Waals surface area contributed by atoms with Gasteiger partial charge >= 0.3 is 6.03 Å². The van der Waals surface area contributed by atoms with Gasteiger partial charge in [0.05, 0.1) is 18.1 Å². The first-order valence-corrected chi connectivity index (χ1v) is 9.27. The van der Waals surface area contributed by atoms with E-state index in [0.717, 1.165) is 39.1 Å². The lowest BCUT2D eigenvalue weighted by molar-refractivity contribution is -0.130. The average Bonchev–Trinajstić information content (AvgIpc) is 3.09. The van der Waals surface area contributed by atoms with Crippen LogP contribution in [-0.2, 0) is 11.3 Å². The Morgan fingerprint density at radius 2 is 1.93 bits per heavy atom. The number of amides is 3. The van der Waals surface area contributed by atoms with Crippen LogP contribution in [0.25, 0.3) is 11.0 Å². The Labute approximate surface area is 157 Å². The van der Waals surface area contributed by atoms with Gasteiger partial charge in [-0.1, -0.05) is 6.92 Å². The van der Waals surface area contributed by atoms with Gasteiger partial charge in [0.25, 0.3) is 0 Å². The van der Waals surface area contributed by atoms with Crippen molar-refractivity contribution in [2.75, 3.05) is 44.6 Å². The molecule has 0 aliphatic carbocycles. The standard InChI is InChI=1S/C17H26N8O2/c1-3-4-18-17(27)22-15-14-11-21-25(16(14)20-12-19-15)10-7-23-5-8-24(9-6-23)13(2)26/h11-12H,3-10H2,1-2H3,(H2,18,19,20,22,27). The third kappa shape index (κ3) is 4.70. The number of hydrogen-bond acceptors (Lipinski definition) is 6. The van der Waals surface area contributed by atoms with Crippen LogP contribution >= 0.6 is 0 Å². The minimum atomic E-state index is -0.284. The molecular formula is C17H26N8O2. The molecule has 10 heteroatoms. The van der Waals surface area contributed by atoms with Crippen LogP contribution in [-0.4, -0.2) is 80.8 Å². The van der Waals surface area contributed by atoms with Gasteiger partial charge in [0.15, 0.2) is 5.65 Å². The highest BCUT2D eigenvalue weighted by Crippen LogP contribution is 2.18. The second kappa shape index (κ2) is 8.76. The number of nitrogens with one attached hydrogen (secondary N) is 2. The molecule has 1 saturated heterocycles. The summed E-state index contributed by atoms with van der Waals surface area (Å²) in [5.74, 6) is 0.586. The number of carbonyl (C=O) groups excluding carboxylic acids is 2. The predicted molar refractivity (Wildman–Crippen MR) is 101 cm³/mol. The lowest BCUT2D eigenvalue weighted by Gasteiger charge is -2.34. The third-order valence-electron chi connectivity index (χ3n) is 4.65. The van der Waals surface area contributed by atoms with Crippen molar-refractivity contribution in [2.24, 2.45) is 0 Å². The molecule has 2 aromatic rings. The second-order valence-electron chi connectivity index (χ2n) is 6.56. The van der Waals surface area contributed by atoms with E-state index in [9.17, 15) is 9.59 Å². The number of carbonyl (C=O) groups is 2. The van der Waals surface area contributed by atoms with Gasteiger partial charge in [0.2, 0.25) is 5.91 Å². The SMILES string of the molecule is CCCNC(=O)Nc1ncnc2c1cnn2CCN1CCN(C(C)=O)CC1. The molecule has 27 heavy (non-hydrogen) atoms. The summed E-state index contributed by atoms with van der Waals surface area (Å²) in [6.07, 6.45) is 3.98. The van der Waals surface area contributed by atoms with Gasteiger partial charge in [0.1, 0.15) is 12.1 Å². The van der Waals surface area contributed by atoms with Crippen molar-refractivity contribution in [3.63, 3.8) is 0 Å². The molecule has 0 saturated carbocycles. The van der Waals surface area contributed by atoms with Crippen molar-refractivity contribution >= 4 is 28.8 Å². The highest BCUT2D eigenvalue weighted by atomic mass is 16.2. The topological polar surface area (TPSA) is 108 Å². The van der Waals surface area contributed by atoms with Gasteiger partial charge in [-0.15, -0.1) is 0 Å². The Hall–Kier alpha value is -2.75. The fourth-order valence-corrected chi connectivity index (χ4v) is 3.07. The molecule has 3 rings (SSSR count). The van der Waals surface area contributed by atoms with Crippen LogP contribution in [0.1, 0.15) is 20.3 Å². The molecule has 0 aromatic carbocycles. The summed E-state index contributed by atoms with van der Waals surface area (Å²) in [6, 6.07) is -0.284. The first kappa shape index (κ1) is 19.0. The minimum absolute atomic E-state index is 0.132. The van der Waals surface area contributed by atoms with Crippen LogP contribution in [0.5, 0.6) is 0 Å². The van der Waals surface area contributed by atoms with Gasteiger partial charge in [-0.2, -0.15) is 5.10 Å². The molecule has 2 N–H and O–H groups in total. The molecule has 1 aliphatic rings. The van der Waals surface area contributed by atoms with Crippen LogP contribution < -0.4 is 10.6 Å². The number of hydrogen-bond donors (Lipinski definition) is 2. The van der Waals surface area contributed by atoms with E-state index in [2.05, 4.69) is 30.6 Å². The maximum atomic E-state index is 11.9. The fraction of sp³-hybridized carbons (Fsp3) is 0.588. The van der Waals surface area contributed by atoms with Crippen molar-refractivity contribution in [2.45, 2.75) is 26.8 Å². The summed E-state index contributed by atoms with van der Waals surface area (Å²) >= 11 is 0. The summed E-state index contributed by atoms with van der Waals surface area (Å²) in [5, 5.41) is 10.6. The zero-order chi connectivity index (χ0) is 19.2. The molecule has 1 fully saturated rings. The summed E-state index contributed by atoms with van der Waals surface area (Å²) in [4.78, 5) is 35.9. The van der Waals surface area contributed by atoms with E-state index in [1.54, 1.807) is 13.1 Å². The van der Waals surface area contributed by atoms with E-state index in [0.29, 0.717) is 29.9 Å². The zero-order valence-corrected chi connectivity index (χ0v) is 15.8. The summed E-state index contributed by atoms with van der Waals surface area (Å²) in [5.41, 5.74) is 0.693. The van der Waals surface area contributed by atoms with Crippen molar-refractivity contribution in [3.05, 3.63) is 12.5 Å². The maximum Gasteiger partial charge on any atom is 0.320 e. The molecule has 3 heterocycles. The van der Waals surface area contributed by atoms with Crippen LogP contribution in [0.3, 0.4) is 0 Å². The maximum absolute atomic E-state index is 11.9. The first-order valence-electron chi connectivity index (χ1n) is 9.27. The largest absolute Gasteiger partial charge is 0.340 e. The predicted octanol–water partition coefficient (Wildman–Crippen LogP) is 0.522. The molecule has 0 bridgehead atoms. The Morgan fingerprint density at radius 1 is 1.15 bits per heavy atom. The van der Waals surface area contributed by atoms with E-state index in [1.165, 1.54) is 6.33 Å². The monoisotopic (exact) mass is 374 g/mol. The summed E-state index contributed by atoms with van der Waals surface area (Å²) in [6.45, 7) is 8.96. The molecule has 10 nitrogen and oxygen atoms in total. The van der Waals surface area contributed by atoms with Crippen molar-refractivity contribution < 1.29 is 9.59 Å². The van der Waals surface area contributed by atoms with Crippen LogP contribution in [0.15, 0.2) is 12.5 Å². The Kier molecular flexibility index (Phi) is 6.17. The van der Waals surface area contributed by atoms with Gasteiger partial charge in [0, 0.05) is 46.2 Å². The molecule has 146 valence electrons. The van der Waals surface area contributed by atoms with Gasteiger partial charge in [-0.25, -0.2) is 19.4 Å². The summed E-state index contributed by atoms with van der Waals surface area (Å²) < 4.78 is 1.82. The smallest absolute Gasteiger partial charge is 0.320 e. The van der Waals surface area contributed by atoms with Gasteiger partial charge < -0.3 is 10.2 Å². The van der Waals surface area contributed by atoms with Crippen LogP contribution in [0.2, 0.25) is 0 Å². The molecular weight excluding hydrogens is 348 g/mol. The second-order valence-corrected chi connectivity index (χ2v) is 6.56. The van der Waals surface area contributed by atoms with Crippen molar-refractivity contribution in [1.82, 2.24) is 34.9 Å². The van der Waals surface area contributed by atoms with Crippen molar-refractivity contribution in [3.8, 4) is 0 Å². The number of rotatable bonds is 6. The normalized spacial score (nSPS) is 15.1. The number of nitrogens with zero attached hydrogens (tertiary/aromatic N) is 6. The van der Waals surface area contributed by atoms with E-state index in [4.69, 9.17) is 0 Å². The minimum Gasteiger partial charge on any atom is -0.340 e. The van der Waals surface area contributed by atoms with E-state index in [-0.39, 0.29) is 11.9 Å². The molecule has 0 radical (unpaired) electrons. The number of piperazine rings is 1. The van der Waals surface area contributed by atoms with E-state index >= 15 is 0 Å². The van der Waals surface area contributed by atoms with Crippen LogP contribution in [0.4, 0.5) is 10.6 Å². The highest BCUT2D eigenvalue weighted by Gasteiger charge is 2.19. The van der Waals surface area contributed by atoms with Crippen LogP contribution in [0, 0.1) is 0 Å². The Morgan fingerprint density at radius 3 is 2.63 bits per heavy atom. The molecule has 1 aliphatic heterocycles. The first-order chi connectivity index (χ1) is 13.1. The fourth-order valence-electron chi connectivity index (χ4n) is 3.07. The molecule has 3 amide bonds. The number of aromatic nitrogens is 4. The molecule has 2 aromatic heterocycles. The van der Waals surface area contributed by atoms with E-state index < -0.39 is 0 Å². The molecule has 0 spiro atoms. The quantitative estimate of drug-likeness (QED) is 0.763.